The van der Waals surface area contributed by atoms with E-state index in [2.05, 4.69) is 17.4 Å². The van der Waals surface area contributed by atoms with E-state index in [4.69, 9.17) is 0 Å². The molecule has 0 aliphatic carbocycles. The van der Waals surface area contributed by atoms with Gasteiger partial charge in [-0.2, -0.15) is 35.9 Å². The van der Waals surface area contributed by atoms with Crippen LogP contribution in [0.25, 0.3) is 0 Å². The molecule has 2 nitrogen and oxygen atoms in total. The van der Waals surface area contributed by atoms with Gasteiger partial charge in [-0.3, -0.25) is 4.79 Å². The molecule has 0 fully saturated rings. The second kappa shape index (κ2) is 9.57. The van der Waals surface area contributed by atoms with Gasteiger partial charge in [0.1, 0.15) is 0 Å². The topological polar surface area (TPSA) is 29.1 Å². The Morgan fingerprint density at radius 2 is 1.65 bits per heavy atom. The van der Waals surface area contributed by atoms with Crippen molar-refractivity contribution in [2.24, 2.45) is 5.41 Å². The molecule has 0 spiro atoms. The normalized spacial score (nSPS) is 9.95. The molecule has 2 aromatic carbocycles. The Bertz CT molecular complexity index is 421. The number of amides is 1. The molecular formula is C17H23FeNO. The molecule has 1 N–H and O–H groups in total. The second-order valence-electron chi connectivity index (χ2n) is 5.51. The molecule has 2 aromatic rings. The van der Waals surface area contributed by atoms with Crippen LogP contribution in [0.2, 0.25) is 0 Å². The van der Waals surface area contributed by atoms with Gasteiger partial charge in [-0.05, 0) is 0 Å². The fraction of sp³-hybridized carbons (Fsp3) is 0.353. The smallest absolute Gasteiger partial charge is 0.356 e. The van der Waals surface area contributed by atoms with E-state index in [9.17, 15) is 4.79 Å². The molecule has 3 heteroatoms. The maximum Gasteiger partial charge on any atom is 2.00 e. The van der Waals surface area contributed by atoms with E-state index in [0.717, 1.165) is 13.0 Å². The first-order valence-corrected chi connectivity index (χ1v) is 6.66. The summed E-state index contributed by atoms with van der Waals surface area (Å²) in [5.41, 5.74) is 0.991. The first-order chi connectivity index (χ1) is 9.00. The molecule has 0 saturated heterocycles. The Kier molecular flexibility index (Phi) is 8.94. The van der Waals surface area contributed by atoms with Crippen molar-refractivity contribution in [2.45, 2.75) is 27.2 Å². The fourth-order valence-electron chi connectivity index (χ4n) is 1.49. The Morgan fingerprint density at radius 1 is 1.10 bits per heavy atom. The van der Waals surface area contributed by atoms with E-state index in [1.165, 1.54) is 5.56 Å². The van der Waals surface area contributed by atoms with E-state index in [0.29, 0.717) is 0 Å². The molecule has 0 unspecified atom stereocenters. The van der Waals surface area contributed by atoms with Crippen LogP contribution in [-0.2, 0) is 28.3 Å². The molecule has 0 atom stereocenters. The summed E-state index contributed by atoms with van der Waals surface area (Å²) in [6.07, 6.45) is 0.912. The Labute approximate surface area is 132 Å². The van der Waals surface area contributed by atoms with Crippen molar-refractivity contribution >= 4 is 5.91 Å². The first kappa shape index (κ1) is 18.7. The Morgan fingerprint density at radius 3 is 2.05 bits per heavy atom. The summed E-state index contributed by atoms with van der Waals surface area (Å²) in [4.78, 5) is 11.5. The summed E-state index contributed by atoms with van der Waals surface area (Å²) >= 11 is 0. The number of nitrogens with one attached hydrogen (secondary N) is 1. The van der Waals surface area contributed by atoms with Crippen LogP contribution in [0, 0.1) is 5.41 Å². The van der Waals surface area contributed by atoms with Crippen LogP contribution in [-0.4, -0.2) is 12.5 Å². The number of hydrogen-bond donors (Lipinski definition) is 1. The molecule has 0 aromatic heterocycles. The van der Waals surface area contributed by atoms with Gasteiger partial charge in [0.25, 0.3) is 0 Å². The van der Waals surface area contributed by atoms with E-state index in [1.54, 1.807) is 0 Å². The maximum absolute atomic E-state index is 11.5. The molecule has 2 rings (SSSR count). The van der Waals surface area contributed by atoms with Crippen molar-refractivity contribution in [3.8, 4) is 0 Å². The first-order valence-electron chi connectivity index (χ1n) is 6.66. The number of carbonyl (C=O) groups is 1. The average molecular weight is 313 g/mol. The van der Waals surface area contributed by atoms with Crippen LogP contribution >= 0.6 is 0 Å². The van der Waals surface area contributed by atoms with Crippen molar-refractivity contribution in [3.63, 3.8) is 0 Å². The number of rotatable bonds is 3. The fourth-order valence-corrected chi connectivity index (χ4v) is 1.49. The third-order valence-electron chi connectivity index (χ3n) is 2.67. The van der Waals surface area contributed by atoms with E-state index >= 15 is 0 Å². The SMILES string of the molecule is CC(C)(C)C(=O)NCC[c-]1cccc1.[Fe+2].c1cc[cH-]c1. The molecule has 110 valence electrons. The van der Waals surface area contributed by atoms with Gasteiger partial charge in [0.2, 0.25) is 5.91 Å². The summed E-state index contributed by atoms with van der Waals surface area (Å²) in [6, 6.07) is 18.2. The van der Waals surface area contributed by atoms with Crippen molar-refractivity contribution in [1.29, 1.82) is 0 Å². The van der Waals surface area contributed by atoms with Gasteiger partial charge < -0.3 is 5.32 Å². The van der Waals surface area contributed by atoms with Crippen molar-refractivity contribution in [1.82, 2.24) is 5.32 Å². The zero-order valence-corrected chi connectivity index (χ0v) is 13.5. The standard InChI is InChI=1S/C12H18NO.C5H5.Fe/c1-12(2,3)11(14)13-9-8-10-6-4-5-7-10;1-2-4-5-3-1;/h4-7H,8-9H2,1-3H3,(H,13,14);1-5H;/q2*-1;+2. The summed E-state index contributed by atoms with van der Waals surface area (Å²) < 4.78 is 0. The van der Waals surface area contributed by atoms with Gasteiger partial charge in [0.15, 0.2) is 0 Å². The van der Waals surface area contributed by atoms with E-state index in [1.807, 2.05) is 63.2 Å². The minimum atomic E-state index is -0.286. The largest absolute Gasteiger partial charge is 2.00 e. The van der Waals surface area contributed by atoms with Gasteiger partial charge in [-0.15, -0.1) is 0 Å². The third kappa shape index (κ3) is 7.98. The minimum Gasteiger partial charge on any atom is -0.356 e. The predicted octanol–water partition coefficient (Wildman–Crippen LogP) is 3.51. The zero-order chi connectivity index (χ0) is 14.1. The summed E-state index contributed by atoms with van der Waals surface area (Å²) in [6.45, 7) is 6.49. The molecule has 0 bridgehead atoms. The van der Waals surface area contributed by atoms with Crippen LogP contribution in [0.1, 0.15) is 26.3 Å². The molecule has 1 amide bonds. The molecule has 0 aliphatic heterocycles. The quantitative estimate of drug-likeness (QED) is 0.682. The van der Waals surface area contributed by atoms with Crippen LogP contribution in [0.4, 0.5) is 0 Å². The van der Waals surface area contributed by atoms with Gasteiger partial charge >= 0.3 is 17.1 Å². The van der Waals surface area contributed by atoms with Gasteiger partial charge in [0, 0.05) is 12.0 Å². The zero-order valence-electron chi connectivity index (χ0n) is 12.4. The van der Waals surface area contributed by atoms with Crippen LogP contribution in [0.5, 0.6) is 0 Å². The summed E-state index contributed by atoms with van der Waals surface area (Å²) in [5, 5.41) is 2.92. The van der Waals surface area contributed by atoms with Crippen molar-refractivity contribution in [2.75, 3.05) is 6.54 Å². The summed E-state index contributed by atoms with van der Waals surface area (Å²) in [7, 11) is 0. The molecule has 20 heavy (non-hydrogen) atoms. The van der Waals surface area contributed by atoms with E-state index < -0.39 is 0 Å². The van der Waals surface area contributed by atoms with Crippen LogP contribution in [0.3, 0.4) is 0 Å². The molecular weight excluding hydrogens is 290 g/mol. The predicted molar refractivity (Wildman–Crippen MR) is 80.2 cm³/mol. The molecule has 0 saturated carbocycles. The average Bonchev–Trinajstić information content (AvgIpc) is 3.04. The Balaban J connectivity index is 0.000000507. The van der Waals surface area contributed by atoms with E-state index in [-0.39, 0.29) is 28.4 Å². The molecule has 0 heterocycles. The molecule has 0 radical (unpaired) electrons. The van der Waals surface area contributed by atoms with Crippen LogP contribution < -0.4 is 5.32 Å². The van der Waals surface area contributed by atoms with Gasteiger partial charge in [0.05, 0.1) is 0 Å². The van der Waals surface area contributed by atoms with Crippen molar-refractivity contribution < 1.29 is 21.9 Å². The van der Waals surface area contributed by atoms with Crippen LogP contribution in [0.15, 0.2) is 54.6 Å². The monoisotopic (exact) mass is 313 g/mol. The second-order valence-corrected chi connectivity index (χ2v) is 5.51. The van der Waals surface area contributed by atoms with Gasteiger partial charge in [-0.25, -0.2) is 24.3 Å². The minimum absolute atomic E-state index is 0. The third-order valence-corrected chi connectivity index (χ3v) is 2.67. The maximum atomic E-state index is 11.5. The van der Waals surface area contributed by atoms with Gasteiger partial charge in [-0.1, -0.05) is 27.2 Å². The number of hydrogen-bond acceptors (Lipinski definition) is 1. The Hall–Kier alpha value is -1.31. The van der Waals surface area contributed by atoms with Crippen molar-refractivity contribution in [3.05, 3.63) is 60.2 Å². The summed E-state index contributed by atoms with van der Waals surface area (Å²) in [5.74, 6) is 0.115. The molecule has 0 aliphatic rings. The number of carbonyl (C=O) groups excluding carboxylic acids is 1.